The summed E-state index contributed by atoms with van der Waals surface area (Å²) in [6, 6.07) is 110. The lowest BCUT2D eigenvalue weighted by Crippen LogP contribution is -2.20. The molecule has 13 aromatic carbocycles. The zero-order valence-corrected chi connectivity index (χ0v) is 56.7. The van der Waals surface area contributed by atoms with Crippen LogP contribution in [0.4, 0.5) is 45.5 Å². The summed E-state index contributed by atoms with van der Waals surface area (Å²) in [5, 5.41) is 15.2. The van der Waals surface area contributed by atoms with Crippen LogP contribution in [0.15, 0.2) is 338 Å². The fourth-order valence-electron chi connectivity index (χ4n) is 12.7. The molecule has 2 aliphatic rings. The first-order valence-corrected chi connectivity index (χ1v) is 33.7. The Kier molecular flexibility index (Phi) is 19.0. The molecule has 0 N–H and O–H groups in total. The maximum Gasteiger partial charge on any atom is 0.127 e. The highest BCUT2D eigenvalue weighted by Gasteiger charge is 2.33. The molecule has 2 unspecified atom stereocenters. The number of benzene rings is 13. The summed E-state index contributed by atoms with van der Waals surface area (Å²) in [5.41, 5.74) is 14.1. The Hall–Kier alpha value is -13.2. The molecule has 502 valence electrons. The van der Waals surface area contributed by atoms with Gasteiger partial charge in [-0.3, -0.25) is 10.0 Å². The van der Waals surface area contributed by atoms with Gasteiger partial charge < -0.3 is 47.7 Å². The second-order valence-corrected chi connectivity index (χ2v) is 24.4. The molecular weight excluding hydrogens is 1270 g/mol. The quantitative estimate of drug-likeness (QED) is 0.0574. The van der Waals surface area contributed by atoms with Crippen molar-refractivity contribution in [3.63, 3.8) is 0 Å². The molecule has 15 rings (SSSR count). The number of rotatable bonds is 24. The van der Waals surface area contributed by atoms with Gasteiger partial charge in [-0.05, 0) is 265 Å². The molecule has 102 heavy (non-hydrogen) atoms. The van der Waals surface area contributed by atoms with Crippen molar-refractivity contribution in [2.24, 2.45) is 10.2 Å². The lowest BCUT2D eigenvalue weighted by molar-refractivity contribution is 0.412. The standard InChI is InChI=1S/C88H72N6O8/c1-95-73-43-51-81(52-44-73)99-77-35-27-67(28-36-77)91(68-29-37-78(38-30-68)100-82-53-45-74(96-2)46-54-82)65-23-19-61(20-24-65)85-59-87(93(89-85)71-11-7-5-8-12-71)63-15-17-64(18-16-63)88-60-86(90-94(88)72-13-9-6-10-14-72)62-21-25-66(26-22-62)92(69-31-39-79(40-32-69)101-83-55-47-75(97-3)48-56-83)70-33-41-80(42-34-70)102-84-57-49-76(98-4)50-58-84/h5-58,87-88H,59-60H2,1-4H3. The van der Waals surface area contributed by atoms with Crippen LogP contribution in [0.25, 0.3) is 0 Å². The third-order valence-corrected chi connectivity index (χ3v) is 18.0. The average molecular weight is 1340 g/mol. The van der Waals surface area contributed by atoms with E-state index in [4.69, 9.17) is 48.1 Å². The summed E-state index contributed by atoms with van der Waals surface area (Å²) in [6.45, 7) is 0. The van der Waals surface area contributed by atoms with Gasteiger partial charge in [0.05, 0.1) is 63.3 Å². The van der Waals surface area contributed by atoms with E-state index in [0.717, 1.165) is 102 Å². The number of hydrogen-bond donors (Lipinski definition) is 0. The van der Waals surface area contributed by atoms with Gasteiger partial charge >= 0.3 is 0 Å². The number of ether oxygens (including phenoxy) is 8. The van der Waals surface area contributed by atoms with Crippen molar-refractivity contribution in [2.75, 3.05) is 48.3 Å². The van der Waals surface area contributed by atoms with Crippen molar-refractivity contribution in [2.45, 2.75) is 24.9 Å². The Labute approximate surface area is 593 Å². The van der Waals surface area contributed by atoms with Gasteiger partial charge in [0.15, 0.2) is 0 Å². The summed E-state index contributed by atoms with van der Waals surface area (Å²) in [4.78, 5) is 4.45. The number of methoxy groups -OCH3 is 4. The number of nitrogens with zero attached hydrogens (tertiary/aromatic N) is 6. The first kappa shape index (κ1) is 64.8. The highest BCUT2D eigenvalue weighted by atomic mass is 16.5. The Balaban J connectivity index is 0.679. The zero-order chi connectivity index (χ0) is 69.1. The fraction of sp³-hybridized carbons (Fsp3) is 0.0909. The van der Waals surface area contributed by atoms with Crippen LogP contribution >= 0.6 is 0 Å². The van der Waals surface area contributed by atoms with Crippen molar-refractivity contribution in [1.82, 2.24) is 0 Å². The van der Waals surface area contributed by atoms with Gasteiger partial charge in [0.2, 0.25) is 0 Å². The van der Waals surface area contributed by atoms with Gasteiger partial charge in [-0.1, -0.05) is 84.9 Å². The van der Waals surface area contributed by atoms with E-state index < -0.39 is 0 Å². The predicted molar refractivity (Wildman–Crippen MR) is 407 cm³/mol. The number of hydrazone groups is 2. The van der Waals surface area contributed by atoms with Crippen LogP contribution in [0, 0.1) is 0 Å². The first-order valence-electron chi connectivity index (χ1n) is 33.7. The molecule has 2 atom stereocenters. The summed E-state index contributed by atoms with van der Waals surface area (Å²) >= 11 is 0. The van der Waals surface area contributed by atoms with E-state index in [1.807, 2.05) is 158 Å². The molecule has 0 amide bonds. The summed E-state index contributed by atoms with van der Waals surface area (Å²) in [7, 11) is 6.61. The van der Waals surface area contributed by atoms with E-state index in [1.165, 1.54) is 0 Å². The lowest BCUT2D eigenvalue weighted by atomic mass is 9.94. The average Bonchev–Trinajstić information content (AvgIpc) is 1.60. The van der Waals surface area contributed by atoms with Crippen LogP contribution in [0.1, 0.15) is 47.2 Å². The third-order valence-electron chi connectivity index (χ3n) is 18.0. The summed E-state index contributed by atoms with van der Waals surface area (Å²) in [6.07, 6.45) is 1.38. The highest BCUT2D eigenvalue weighted by molar-refractivity contribution is 6.04. The predicted octanol–water partition coefficient (Wildman–Crippen LogP) is 22.5. The van der Waals surface area contributed by atoms with Gasteiger partial charge in [0.25, 0.3) is 0 Å². The number of hydrogen-bond acceptors (Lipinski definition) is 14. The molecule has 0 radical (unpaired) electrons. The van der Waals surface area contributed by atoms with E-state index >= 15 is 0 Å². The highest BCUT2D eigenvalue weighted by Crippen LogP contribution is 2.44. The third kappa shape index (κ3) is 14.7. The first-order chi connectivity index (χ1) is 50.3. The molecule has 0 aromatic heterocycles. The second-order valence-electron chi connectivity index (χ2n) is 24.4. The largest absolute Gasteiger partial charge is 0.497 e. The molecule has 0 aliphatic carbocycles. The van der Waals surface area contributed by atoms with Crippen molar-refractivity contribution >= 4 is 56.9 Å². The Bertz CT molecular complexity index is 4470. The molecule has 2 aliphatic heterocycles. The minimum Gasteiger partial charge on any atom is -0.497 e. The zero-order valence-electron chi connectivity index (χ0n) is 56.7. The fourth-order valence-corrected chi connectivity index (χ4v) is 12.7. The van der Waals surface area contributed by atoms with Gasteiger partial charge in [-0.25, -0.2) is 0 Å². The van der Waals surface area contributed by atoms with Crippen LogP contribution in [-0.2, 0) is 0 Å². The molecule has 14 heteroatoms. The second kappa shape index (κ2) is 29.9. The monoisotopic (exact) mass is 1340 g/mol. The Morgan fingerprint density at radius 3 is 0.676 bits per heavy atom. The molecule has 14 nitrogen and oxygen atoms in total. The molecule has 0 saturated carbocycles. The maximum atomic E-state index is 6.26. The van der Waals surface area contributed by atoms with Crippen molar-refractivity contribution < 1.29 is 37.9 Å². The van der Waals surface area contributed by atoms with E-state index in [-0.39, 0.29) is 12.1 Å². The van der Waals surface area contributed by atoms with Crippen molar-refractivity contribution in [1.29, 1.82) is 0 Å². The minimum absolute atomic E-state index is 0.0696. The molecule has 0 fully saturated rings. The van der Waals surface area contributed by atoms with Gasteiger partial charge in [0.1, 0.15) is 69.0 Å². The Morgan fingerprint density at radius 1 is 0.245 bits per heavy atom. The van der Waals surface area contributed by atoms with Crippen molar-refractivity contribution in [3.8, 4) is 69.0 Å². The molecular formula is C88H72N6O8. The molecule has 0 bridgehead atoms. The van der Waals surface area contributed by atoms with Crippen LogP contribution in [0.2, 0.25) is 0 Å². The van der Waals surface area contributed by atoms with Crippen LogP contribution < -0.4 is 57.7 Å². The SMILES string of the molecule is COc1ccc(Oc2ccc(N(c3ccc(Oc4ccc(OC)cc4)cc3)c3ccc(C4=NN(c5ccccc5)C(c5ccc(C6CC(c7ccc(N(c8ccc(Oc9ccc(OC)cc9)cc8)c8ccc(Oc9ccc(OC)cc9)cc8)cc7)=NN6c6ccccc6)cc5)C4)cc3)cc2)cc1. The van der Waals surface area contributed by atoms with E-state index in [1.54, 1.807) is 28.4 Å². The van der Waals surface area contributed by atoms with Gasteiger partial charge in [-0.2, -0.15) is 10.2 Å². The summed E-state index contributed by atoms with van der Waals surface area (Å²) < 4.78 is 46.5. The van der Waals surface area contributed by atoms with Gasteiger partial charge in [0, 0.05) is 47.0 Å². The lowest BCUT2D eigenvalue weighted by Gasteiger charge is -2.26. The van der Waals surface area contributed by atoms with Crippen molar-refractivity contribution in [3.05, 3.63) is 350 Å². The number of anilines is 8. The number of para-hydroxylation sites is 2. The molecule has 2 heterocycles. The molecule has 13 aromatic rings. The van der Waals surface area contributed by atoms with E-state index in [2.05, 4.69) is 190 Å². The molecule has 0 spiro atoms. The van der Waals surface area contributed by atoms with E-state index in [0.29, 0.717) is 58.8 Å². The molecule has 0 saturated heterocycles. The summed E-state index contributed by atoms with van der Waals surface area (Å²) in [5.74, 6) is 8.76. The topological polar surface area (TPSA) is 112 Å². The van der Waals surface area contributed by atoms with Gasteiger partial charge in [-0.15, -0.1) is 0 Å². The van der Waals surface area contributed by atoms with Crippen LogP contribution in [0.3, 0.4) is 0 Å². The Morgan fingerprint density at radius 2 is 0.451 bits per heavy atom. The normalized spacial score (nSPS) is 13.9. The van der Waals surface area contributed by atoms with E-state index in [9.17, 15) is 0 Å². The smallest absolute Gasteiger partial charge is 0.127 e. The minimum atomic E-state index is -0.0696. The maximum absolute atomic E-state index is 6.26. The van der Waals surface area contributed by atoms with Crippen LogP contribution in [-0.4, -0.2) is 39.9 Å². The van der Waals surface area contributed by atoms with Crippen LogP contribution in [0.5, 0.6) is 69.0 Å².